The smallest absolute Gasteiger partial charge is 0.343 e. The number of hydrogen-bond acceptors (Lipinski definition) is 3. The molecule has 0 radical (unpaired) electrons. The number of esters is 1. The second kappa shape index (κ2) is 15.0. The number of rotatable bonds is 14. The van der Waals surface area contributed by atoms with Gasteiger partial charge in [-0.3, -0.25) is 0 Å². The van der Waals surface area contributed by atoms with Crippen molar-refractivity contribution in [2.24, 2.45) is 11.8 Å². The summed E-state index contributed by atoms with van der Waals surface area (Å²) in [6.07, 6.45) is 14.5. The van der Waals surface area contributed by atoms with Crippen LogP contribution in [0.4, 0.5) is 8.78 Å². The Hall–Kier alpha value is -2.43. The Kier molecular flexibility index (Phi) is 11.7. The summed E-state index contributed by atoms with van der Waals surface area (Å²) < 4.78 is 40.3. The third-order valence-electron chi connectivity index (χ3n) is 7.55. The lowest BCUT2D eigenvalue weighted by atomic mass is 9.78. The molecule has 0 aliphatic heterocycles. The largest absolute Gasteiger partial charge is 0.494 e. The Morgan fingerprint density at radius 2 is 1.50 bits per heavy atom. The Morgan fingerprint density at radius 3 is 2.19 bits per heavy atom. The van der Waals surface area contributed by atoms with Crippen molar-refractivity contribution in [2.75, 3.05) is 6.61 Å². The minimum atomic E-state index is -1.10. The van der Waals surface area contributed by atoms with Gasteiger partial charge in [0.05, 0.1) is 12.2 Å². The van der Waals surface area contributed by atoms with E-state index in [9.17, 15) is 13.6 Å². The summed E-state index contributed by atoms with van der Waals surface area (Å²) in [5.74, 6) is -1.06. The van der Waals surface area contributed by atoms with Gasteiger partial charge < -0.3 is 9.47 Å². The van der Waals surface area contributed by atoms with Crippen LogP contribution in [0.2, 0.25) is 0 Å². The zero-order chi connectivity index (χ0) is 25.8. The molecule has 36 heavy (non-hydrogen) atoms. The second-order valence-electron chi connectivity index (χ2n) is 10.2. The van der Waals surface area contributed by atoms with Gasteiger partial charge in [0, 0.05) is 0 Å². The number of ether oxygens (including phenoxy) is 2. The van der Waals surface area contributed by atoms with Crippen molar-refractivity contribution >= 4 is 5.97 Å². The van der Waals surface area contributed by atoms with Crippen LogP contribution in [0.5, 0.6) is 11.5 Å². The number of halogens is 2. The standard InChI is InChI=1S/C31H42F2O3/c1-3-5-6-7-8-9-22-35-27-19-16-26(17-20-27)31(34)36-28-21-18-25(29(32)30(28)33)15-14-24-12-10-23(4-2)11-13-24/h16-21,23-24H,3-15,22H2,1-2H3. The normalized spacial score (nSPS) is 17.7. The molecule has 1 saturated carbocycles. The average Bonchev–Trinajstić information content (AvgIpc) is 2.91. The highest BCUT2D eigenvalue weighted by Crippen LogP contribution is 2.34. The van der Waals surface area contributed by atoms with Crippen molar-refractivity contribution in [3.8, 4) is 11.5 Å². The van der Waals surface area contributed by atoms with Gasteiger partial charge in [-0.05, 0) is 67.0 Å². The van der Waals surface area contributed by atoms with E-state index in [0.29, 0.717) is 30.3 Å². The molecule has 198 valence electrons. The lowest BCUT2D eigenvalue weighted by molar-refractivity contribution is 0.0726. The molecule has 0 aromatic heterocycles. The molecule has 1 aliphatic carbocycles. The first-order chi connectivity index (χ1) is 17.5. The molecule has 0 amide bonds. The van der Waals surface area contributed by atoms with E-state index < -0.39 is 17.6 Å². The van der Waals surface area contributed by atoms with Crippen LogP contribution < -0.4 is 9.47 Å². The summed E-state index contributed by atoms with van der Waals surface area (Å²) in [5, 5.41) is 0. The summed E-state index contributed by atoms with van der Waals surface area (Å²) in [6.45, 7) is 5.07. The first-order valence-corrected chi connectivity index (χ1v) is 13.9. The first kappa shape index (κ1) is 28.1. The molecule has 0 spiro atoms. The van der Waals surface area contributed by atoms with E-state index in [-0.39, 0.29) is 11.3 Å². The highest BCUT2D eigenvalue weighted by molar-refractivity contribution is 5.91. The van der Waals surface area contributed by atoms with Crippen LogP contribution in [0.1, 0.15) is 107 Å². The van der Waals surface area contributed by atoms with Gasteiger partial charge in [0.25, 0.3) is 0 Å². The second-order valence-corrected chi connectivity index (χ2v) is 10.2. The van der Waals surface area contributed by atoms with Crippen molar-refractivity contribution in [2.45, 2.75) is 97.3 Å². The molecule has 1 aliphatic rings. The van der Waals surface area contributed by atoms with Gasteiger partial charge in [0.1, 0.15) is 5.75 Å². The fraction of sp³-hybridized carbons (Fsp3) is 0.581. The Morgan fingerprint density at radius 1 is 0.833 bits per heavy atom. The number of carbonyl (C=O) groups excluding carboxylic acids is 1. The summed E-state index contributed by atoms with van der Waals surface area (Å²) in [5.41, 5.74) is 0.602. The number of hydrogen-bond donors (Lipinski definition) is 0. The molecule has 0 N–H and O–H groups in total. The van der Waals surface area contributed by atoms with E-state index in [2.05, 4.69) is 13.8 Å². The first-order valence-electron chi connectivity index (χ1n) is 13.9. The molecule has 2 aromatic carbocycles. The van der Waals surface area contributed by atoms with Crippen LogP contribution in [0.25, 0.3) is 0 Å². The predicted molar refractivity (Wildman–Crippen MR) is 141 cm³/mol. The predicted octanol–water partition coefficient (Wildman–Crippen LogP) is 9.07. The summed E-state index contributed by atoms with van der Waals surface area (Å²) in [6, 6.07) is 9.45. The number of unbranched alkanes of at least 4 members (excludes halogenated alkanes) is 5. The van der Waals surface area contributed by atoms with E-state index in [0.717, 1.165) is 25.2 Å². The Labute approximate surface area is 215 Å². The maximum absolute atomic E-state index is 14.7. The molecule has 1 fully saturated rings. The maximum Gasteiger partial charge on any atom is 0.343 e. The quantitative estimate of drug-likeness (QED) is 0.147. The molecule has 2 aromatic rings. The van der Waals surface area contributed by atoms with Gasteiger partial charge >= 0.3 is 5.97 Å². The molecular formula is C31H42F2O3. The third-order valence-corrected chi connectivity index (χ3v) is 7.55. The van der Waals surface area contributed by atoms with Crippen LogP contribution in [-0.4, -0.2) is 12.6 Å². The number of carbonyl (C=O) groups is 1. The zero-order valence-corrected chi connectivity index (χ0v) is 22.0. The van der Waals surface area contributed by atoms with Crippen LogP contribution >= 0.6 is 0 Å². The molecule has 0 heterocycles. The maximum atomic E-state index is 14.7. The lowest BCUT2D eigenvalue weighted by Gasteiger charge is -2.27. The summed E-state index contributed by atoms with van der Waals surface area (Å²) in [4.78, 5) is 12.5. The summed E-state index contributed by atoms with van der Waals surface area (Å²) in [7, 11) is 0. The molecule has 0 bridgehead atoms. The fourth-order valence-corrected chi connectivity index (χ4v) is 5.05. The van der Waals surface area contributed by atoms with Gasteiger partial charge in [0.15, 0.2) is 11.6 Å². The van der Waals surface area contributed by atoms with E-state index in [1.165, 1.54) is 69.9 Å². The van der Waals surface area contributed by atoms with E-state index >= 15 is 0 Å². The van der Waals surface area contributed by atoms with Gasteiger partial charge in [-0.1, -0.05) is 84.1 Å². The SMILES string of the molecule is CCCCCCCCOc1ccc(C(=O)Oc2ccc(CCC3CCC(CC)CC3)c(F)c2F)cc1. The Balaban J connectivity index is 1.46. The molecule has 3 nitrogen and oxygen atoms in total. The van der Waals surface area contributed by atoms with Crippen molar-refractivity contribution in [1.82, 2.24) is 0 Å². The topological polar surface area (TPSA) is 35.5 Å². The van der Waals surface area contributed by atoms with E-state index in [1.807, 2.05) is 0 Å². The van der Waals surface area contributed by atoms with Crippen molar-refractivity contribution in [3.63, 3.8) is 0 Å². The molecule has 0 unspecified atom stereocenters. The van der Waals surface area contributed by atoms with Crippen LogP contribution in [0, 0.1) is 23.5 Å². The number of benzene rings is 2. The van der Waals surface area contributed by atoms with Crippen molar-refractivity contribution < 1.29 is 23.0 Å². The summed E-state index contributed by atoms with van der Waals surface area (Å²) >= 11 is 0. The van der Waals surface area contributed by atoms with Crippen LogP contribution in [0.15, 0.2) is 36.4 Å². The lowest BCUT2D eigenvalue weighted by Crippen LogP contribution is -2.15. The fourth-order valence-electron chi connectivity index (χ4n) is 5.05. The van der Waals surface area contributed by atoms with E-state index in [4.69, 9.17) is 9.47 Å². The zero-order valence-electron chi connectivity index (χ0n) is 22.0. The average molecular weight is 501 g/mol. The molecule has 0 atom stereocenters. The highest BCUT2D eigenvalue weighted by Gasteiger charge is 2.22. The van der Waals surface area contributed by atoms with Gasteiger partial charge in [-0.15, -0.1) is 0 Å². The molecular weight excluding hydrogens is 458 g/mol. The van der Waals surface area contributed by atoms with Crippen molar-refractivity contribution in [1.29, 1.82) is 0 Å². The van der Waals surface area contributed by atoms with Crippen LogP contribution in [-0.2, 0) is 6.42 Å². The Bertz CT molecular complexity index is 934. The monoisotopic (exact) mass is 500 g/mol. The molecule has 3 rings (SSSR count). The van der Waals surface area contributed by atoms with Crippen LogP contribution in [0.3, 0.4) is 0 Å². The van der Waals surface area contributed by atoms with E-state index in [1.54, 1.807) is 24.3 Å². The molecule has 0 saturated heterocycles. The van der Waals surface area contributed by atoms with Gasteiger partial charge in [-0.2, -0.15) is 4.39 Å². The minimum Gasteiger partial charge on any atom is -0.494 e. The van der Waals surface area contributed by atoms with Crippen molar-refractivity contribution in [3.05, 3.63) is 59.2 Å². The van der Waals surface area contributed by atoms with Gasteiger partial charge in [0.2, 0.25) is 5.82 Å². The minimum absolute atomic E-state index is 0.258. The highest BCUT2D eigenvalue weighted by atomic mass is 19.2. The van der Waals surface area contributed by atoms with Gasteiger partial charge in [-0.25, -0.2) is 9.18 Å². The molecule has 5 heteroatoms. The number of aryl methyl sites for hydroxylation is 1. The third kappa shape index (κ3) is 8.60.